The number of thioether (sulfide) groups is 1. The number of benzene rings is 1. The molecule has 2 N–H and O–H groups in total. The summed E-state index contributed by atoms with van der Waals surface area (Å²) in [4.78, 5) is 4.70. The first-order chi connectivity index (χ1) is 12.4. The molecule has 0 fully saturated rings. The summed E-state index contributed by atoms with van der Waals surface area (Å²) in [6.07, 6.45) is 4.09. The largest absolute Gasteiger partial charge is 0.328 e. The third-order valence-electron chi connectivity index (χ3n) is 5.30. The molecule has 7 heteroatoms. The summed E-state index contributed by atoms with van der Waals surface area (Å²) in [5.74, 6) is 0.421. The van der Waals surface area contributed by atoms with Gasteiger partial charge in [0.05, 0.1) is 5.69 Å². The molecule has 0 aliphatic heterocycles. The molecule has 0 amide bonds. The molecule has 0 radical (unpaired) electrons. The Hall–Kier alpha value is -1.57. The third-order valence-corrected chi connectivity index (χ3v) is 7.67. The highest BCUT2D eigenvalue weighted by atomic mass is 32.3. The van der Waals surface area contributed by atoms with E-state index in [2.05, 4.69) is 46.4 Å². The van der Waals surface area contributed by atoms with E-state index in [4.69, 9.17) is 10.1 Å². The molecule has 27 heavy (non-hydrogen) atoms. The van der Waals surface area contributed by atoms with Gasteiger partial charge in [-0.05, 0) is 58.7 Å². The van der Waals surface area contributed by atoms with Gasteiger partial charge in [-0.1, -0.05) is 40.3 Å². The van der Waals surface area contributed by atoms with Crippen LogP contribution in [0.3, 0.4) is 0 Å². The molecule has 0 unspecified atom stereocenters. The zero-order valence-corrected chi connectivity index (χ0v) is 18.2. The molecule has 3 rings (SSSR count). The van der Waals surface area contributed by atoms with E-state index >= 15 is 0 Å². The van der Waals surface area contributed by atoms with Gasteiger partial charge in [0, 0.05) is 18.8 Å². The number of primary sulfonamides is 1. The van der Waals surface area contributed by atoms with Crippen molar-refractivity contribution in [3.05, 3.63) is 45.8 Å². The van der Waals surface area contributed by atoms with Gasteiger partial charge in [-0.3, -0.25) is 0 Å². The number of imidazole rings is 1. The smallest absolute Gasteiger partial charge is 0.243 e. The Labute approximate surface area is 166 Å². The van der Waals surface area contributed by atoms with Crippen molar-refractivity contribution in [3.63, 3.8) is 0 Å². The third kappa shape index (κ3) is 3.86. The van der Waals surface area contributed by atoms with E-state index in [1.807, 2.05) is 17.8 Å². The van der Waals surface area contributed by atoms with Crippen molar-refractivity contribution < 1.29 is 8.42 Å². The van der Waals surface area contributed by atoms with Gasteiger partial charge in [0.1, 0.15) is 4.24 Å². The topological polar surface area (TPSA) is 78.0 Å². The molecule has 0 saturated heterocycles. The Morgan fingerprint density at radius 3 is 2.63 bits per heavy atom. The molecule has 1 aliphatic carbocycles. The summed E-state index contributed by atoms with van der Waals surface area (Å²) in [6.45, 7) is 12.5. The molecule has 0 spiro atoms. The summed E-state index contributed by atoms with van der Waals surface area (Å²) < 4.78 is 24.7. The molecule has 5 nitrogen and oxygen atoms in total. The molecule has 1 aromatic heterocycles. The lowest BCUT2D eigenvalue weighted by atomic mass is 9.83. The van der Waals surface area contributed by atoms with Crippen LogP contribution in [0.5, 0.6) is 0 Å². The Kier molecular flexibility index (Phi) is 5.08. The first-order valence-corrected chi connectivity index (χ1v) is 11.4. The maximum Gasteiger partial charge on any atom is 0.243 e. The minimum Gasteiger partial charge on any atom is -0.328 e. The van der Waals surface area contributed by atoms with Gasteiger partial charge in [0.25, 0.3) is 0 Å². The van der Waals surface area contributed by atoms with Gasteiger partial charge in [-0.25, -0.2) is 18.5 Å². The fraction of sp³-hybridized carbons (Fsp3) is 0.450. The summed E-state index contributed by atoms with van der Waals surface area (Å²) in [5.41, 5.74) is 6.21. The van der Waals surface area contributed by atoms with Crippen molar-refractivity contribution in [2.45, 2.75) is 57.0 Å². The number of aromatic nitrogens is 2. The molecule has 1 aliphatic rings. The second kappa shape index (κ2) is 6.79. The molecule has 1 heterocycles. The average molecular weight is 406 g/mol. The normalized spacial score (nSPS) is 16.0. The van der Waals surface area contributed by atoms with Crippen LogP contribution >= 0.6 is 11.8 Å². The number of aryl methyl sites for hydroxylation is 1. The van der Waals surface area contributed by atoms with Crippen molar-refractivity contribution >= 4 is 21.8 Å². The second-order valence-corrected chi connectivity index (χ2v) is 11.1. The highest BCUT2D eigenvalue weighted by Crippen LogP contribution is 2.44. The SMILES string of the molecule is C=C(Sc1nc(-c2cc(C(C)C)cc3c2CCC3(C)C)cn1C)S(N)(=O)=O. The number of rotatable bonds is 5. The Balaban J connectivity index is 2.10. The number of nitrogens with zero attached hydrogens (tertiary/aromatic N) is 2. The van der Waals surface area contributed by atoms with Gasteiger partial charge < -0.3 is 4.57 Å². The van der Waals surface area contributed by atoms with Gasteiger partial charge >= 0.3 is 0 Å². The molecule has 2 aromatic rings. The molecule has 0 saturated carbocycles. The van der Waals surface area contributed by atoms with Crippen molar-refractivity contribution in [2.24, 2.45) is 12.2 Å². The number of hydrogen-bond donors (Lipinski definition) is 1. The molecule has 0 bridgehead atoms. The van der Waals surface area contributed by atoms with Gasteiger partial charge in [0.2, 0.25) is 10.0 Å². The highest BCUT2D eigenvalue weighted by molar-refractivity contribution is 8.17. The number of hydrogen-bond acceptors (Lipinski definition) is 4. The highest BCUT2D eigenvalue weighted by Gasteiger charge is 2.33. The maximum absolute atomic E-state index is 11.5. The van der Waals surface area contributed by atoms with E-state index in [-0.39, 0.29) is 9.65 Å². The quantitative estimate of drug-likeness (QED) is 0.753. The van der Waals surface area contributed by atoms with Gasteiger partial charge in [0.15, 0.2) is 5.16 Å². The van der Waals surface area contributed by atoms with Gasteiger partial charge in [-0.15, -0.1) is 0 Å². The average Bonchev–Trinajstić information content (AvgIpc) is 3.06. The Bertz CT molecular complexity index is 1020. The second-order valence-electron chi connectivity index (χ2n) is 8.17. The summed E-state index contributed by atoms with van der Waals surface area (Å²) in [7, 11) is -1.95. The molecule has 0 atom stereocenters. The van der Waals surface area contributed by atoms with E-state index in [1.165, 1.54) is 16.7 Å². The van der Waals surface area contributed by atoms with Crippen LogP contribution in [0.25, 0.3) is 11.3 Å². The summed E-state index contributed by atoms with van der Waals surface area (Å²) in [5, 5.41) is 5.73. The molecular formula is C20H27N3O2S2. The van der Waals surface area contributed by atoms with Crippen LogP contribution in [0.2, 0.25) is 0 Å². The van der Waals surface area contributed by atoms with E-state index in [0.29, 0.717) is 11.1 Å². The van der Waals surface area contributed by atoms with Crippen LogP contribution in [0.15, 0.2) is 34.3 Å². The van der Waals surface area contributed by atoms with Crippen LogP contribution in [-0.4, -0.2) is 18.0 Å². The fourth-order valence-electron chi connectivity index (χ4n) is 3.54. The number of nitrogens with two attached hydrogens (primary N) is 1. The molecule has 146 valence electrons. The van der Waals surface area contributed by atoms with Crippen LogP contribution < -0.4 is 5.14 Å². The zero-order chi connectivity index (χ0) is 20.1. The summed E-state index contributed by atoms with van der Waals surface area (Å²) in [6, 6.07) is 4.58. The lowest BCUT2D eigenvalue weighted by Gasteiger charge is -2.21. The predicted octanol–water partition coefficient (Wildman–Crippen LogP) is 4.29. The lowest BCUT2D eigenvalue weighted by molar-refractivity contribution is 0.521. The number of fused-ring (bicyclic) bond motifs is 1. The predicted molar refractivity (Wildman–Crippen MR) is 112 cm³/mol. The van der Waals surface area contributed by atoms with Gasteiger partial charge in [-0.2, -0.15) is 0 Å². The Morgan fingerprint density at radius 2 is 2.04 bits per heavy atom. The first kappa shape index (κ1) is 20.2. The van der Waals surface area contributed by atoms with Crippen LogP contribution in [0.1, 0.15) is 56.7 Å². The minimum atomic E-state index is -3.80. The first-order valence-electron chi connectivity index (χ1n) is 9.01. The van der Waals surface area contributed by atoms with E-state index in [0.717, 1.165) is 35.9 Å². The van der Waals surface area contributed by atoms with E-state index in [1.54, 1.807) is 0 Å². The summed E-state index contributed by atoms with van der Waals surface area (Å²) >= 11 is 0.981. The number of sulfonamides is 1. The minimum absolute atomic E-state index is 0.106. The van der Waals surface area contributed by atoms with Crippen LogP contribution in [0.4, 0.5) is 0 Å². The maximum atomic E-state index is 11.5. The van der Waals surface area contributed by atoms with Crippen molar-refractivity contribution in [2.75, 3.05) is 0 Å². The zero-order valence-electron chi connectivity index (χ0n) is 16.5. The van der Waals surface area contributed by atoms with Crippen molar-refractivity contribution in [3.8, 4) is 11.3 Å². The van der Waals surface area contributed by atoms with E-state index < -0.39 is 10.0 Å². The van der Waals surface area contributed by atoms with Crippen LogP contribution in [-0.2, 0) is 28.9 Å². The molecular weight excluding hydrogens is 378 g/mol. The monoisotopic (exact) mass is 405 g/mol. The van der Waals surface area contributed by atoms with Crippen LogP contribution in [0, 0.1) is 0 Å². The van der Waals surface area contributed by atoms with E-state index in [9.17, 15) is 8.42 Å². The molecule has 1 aromatic carbocycles. The standard InChI is InChI=1S/C20H27N3O2S2/c1-12(2)14-9-16(15-7-8-20(4,5)17(15)10-14)18-11-23(6)19(22-18)26-13(3)27(21,24)25/h9-12H,3,7-8H2,1-2,4-6H3,(H2,21,24,25). The van der Waals surface area contributed by atoms with Crippen molar-refractivity contribution in [1.82, 2.24) is 9.55 Å². The van der Waals surface area contributed by atoms with Crippen molar-refractivity contribution in [1.29, 1.82) is 0 Å². The Morgan fingerprint density at radius 1 is 1.37 bits per heavy atom. The lowest BCUT2D eigenvalue weighted by Crippen LogP contribution is -2.12. The fourth-order valence-corrected chi connectivity index (χ4v) is 4.77.